The zero-order valence-corrected chi connectivity index (χ0v) is 17.0. The number of aromatic amines is 1. The first-order valence-corrected chi connectivity index (χ1v) is 9.55. The number of nitrogens with zero attached hydrogens (tertiary/aromatic N) is 2. The van der Waals surface area contributed by atoms with Gasteiger partial charge in [-0.25, -0.2) is 4.98 Å². The largest absolute Gasteiger partial charge is 0.496 e. The molecule has 0 fully saturated rings. The standard InChI is InChI=1S/C23H21N5O3/c1-30-19-11-5-3-8-15(19)18-14-21(28-27-18)26-23(29)16-9-7-13-24-22(16)25-17-10-4-6-12-20(17)31-2/h3-14H,1-2H3,(H,24,25)(H2,26,27,28,29). The SMILES string of the molecule is COc1ccccc1Nc1ncccc1C(=O)Nc1cc(-c2ccccc2OC)[nH]n1. The number of hydrogen-bond donors (Lipinski definition) is 3. The molecule has 156 valence electrons. The second kappa shape index (κ2) is 9.00. The molecule has 4 aromatic rings. The summed E-state index contributed by atoms with van der Waals surface area (Å²) < 4.78 is 10.8. The van der Waals surface area contributed by atoms with E-state index < -0.39 is 0 Å². The Morgan fingerprint density at radius 1 is 0.935 bits per heavy atom. The van der Waals surface area contributed by atoms with Gasteiger partial charge in [-0.05, 0) is 36.4 Å². The minimum atomic E-state index is -0.344. The fourth-order valence-electron chi connectivity index (χ4n) is 3.14. The van der Waals surface area contributed by atoms with Gasteiger partial charge >= 0.3 is 0 Å². The number of aromatic nitrogens is 3. The molecule has 2 aromatic heterocycles. The first kappa shape index (κ1) is 20.0. The summed E-state index contributed by atoms with van der Waals surface area (Å²) in [6, 6.07) is 20.1. The third kappa shape index (κ3) is 4.32. The number of rotatable bonds is 7. The highest BCUT2D eigenvalue weighted by atomic mass is 16.5. The molecule has 0 bridgehead atoms. The Labute approximate surface area is 179 Å². The summed E-state index contributed by atoms with van der Waals surface area (Å²) in [6.07, 6.45) is 1.61. The summed E-state index contributed by atoms with van der Waals surface area (Å²) >= 11 is 0. The topological polar surface area (TPSA) is 101 Å². The molecular formula is C23H21N5O3. The summed E-state index contributed by atoms with van der Waals surface area (Å²) in [4.78, 5) is 17.3. The minimum absolute atomic E-state index is 0.344. The molecule has 0 atom stereocenters. The number of anilines is 3. The van der Waals surface area contributed by atoms with Crippen molar-refractivity contribution in [2.75, 3.05) is 24.9 Å². The number of nitrogens with one attached hydrogen (secondary N) is 3. The molecule has 4 rings (SSSR count). The predicted molar refractivity (Wildman–Crippen MR) is 119 cm³/mol. The number of hydrogen-bond acceptors (Lipinski definition) is 6. The lowest BCUT2D eigenvalue weighted by Crippen LogP contribution is -2.15. The van der Waals surface area contributed by atoms with E-state index in [4.69, 9.17) is 9.47 Å². The number of pyridine rings is 1. The number of carbonyl (C=O) groups excluding carboxylic acids is 1. The van der Waals surface area contributed by atoms with Crippen LogP contribution in [-0.4, -0.2) is 35.3 Å². The van der Waals surface area contributed by atoms with Crippen LogP contribution in [0.1, 0.15) is 10.4 Å². The third-order valence-corrected chi connectivity index (χ3v) is 4.63. The molecule has 0 aliphatic heterocycles. The van der Waals surface area contributed by atoms with Gasteiger partial charge in [0.1, 0.15) is 17.3 Å². The summed E-state index contributed by atoms with van der Waals surface area (Å²) in [5, 5.41) is 13.1. The smallest absolute Gasteiger partial charge is 0.260 e. The van der Waals surface area contributed by atoms with Crippen molar-refractivity contribution in [3.8, 4) is 22.8 Å². The molecule has 0 spiro atoms. The second-order valence-electron chi connectivity index (χ2n) is 6.55. The fraction of sp³-hybridized carbons (Fsp3) is 0.0870. The van der Waals surface area contributed by atoms with E-state index in [9.17, 15) is 4.79 Å². The molecule has 0 aliphatic rings. The van der Waals surface area contributed by atoms with Crippen LogP contribution in [0.2, 0.25) is 0 Å². The lowest BCUT2D eigenvalue weighted by Gasteiger charge is -2.13. The number of benzene rings is 2. The van der Waals surface area contributed by atoms with Gasteiger partial charge in [0.2, 0.25) is 0 Å². The lowest BCUT2D eigenvalue weighted by atomic mass is 10.1. The monoisotopic (exact) mass is 415 g/mol. The van der Waals surface area contributed by atoms with E-state index in [1.54, 1.807) is 38.6 Å². The molecule has 2 heterocycles. The molecule has 0 unspecified atom stereocenters. The molecule has 31 heavy (non-hydrogen) atoms. The summed E-state index contributed by atoms with van der Waals surface area (Å²) in [7, 11) is 3.19. The molecule has 1 amide bonds. The molecule has 3 N–H and O–H groups in total. The maximum absolute atomic E-state index is 12.9. The molecule has 0 saturated carbocycles. The Hall–Kier alpha value is -4.33. The summed E-state index contributed by atoms with van der Waals surface area (Å²) in [5.74, 6) is 1.81. The quantitative estimate of drug-likeness (QED) is 0.411. The van der Waals surface area contributed by atoms with Crippen molar-refractivity contribution in [2.24, 2.45) is 0 Å². The van der Waals surface area contributed by atoms with E-state index in [1.165, 1.54) is 0 Å². The van der Waals surface area contributed by atoms with E-state index in [0.29, 0.717) is 34.4 Å². The number of ether oxygens (including phenoxy) is 2. The second-order valence-corrected chi connectivity index (χ2v) is 6.55. The zero-order chi connectivity index (χ0) is 21.6. The normalized spacial score (nSPS) is 10.4. The van der Waals surface area contributed by atoms with E-state index in [2.05, 4.69) is 25.8 Å². The van der Waals surface area contributed by atoms with Gasteiger partial charge in [0.05, 0.1) is 31.2 Å². The van der Waals surface area contributed by atoms with Gasteiger partial charge in [0.25, 0.3) is 5.91 Å². The van der Waals surface area contributed by atoms with Gasteiger partial charge in [-0.3, -0.25) is 9.89 Å². The highest BCUT2D eigenvalue weighted by molar-refractivity contribution is 6.07. The van der Waals surface area contributed by atoms with E-state index in [1.807, 2.05) is 48.5 Å². The van der Waals surface area contributed by atoms with E-state index >= 15 is 0 Å². The molecular weight excluding hydrogens is 394 g/mol. The van der Waals surface area contributed by atoms with Crippen LogP contribution in [0.5, 0.6) is 11.5 Å². The van der Waals surface area contributed by atoms with E-state index in [-0.39, 0.29) is 5.91 Å². The summed E-state index contributed by atoms with van der Waals surface area (Å²) in [5.41, 5.74) is 2.65. The van der Waals surface area contributed by atoms with Crippen LogP contribution in [-0.2, 0) is 0 Å². The first-order valence-electron chi connectivity index (χ1n) is 9.55. The molecule has 0 radical (unpaired) electrons. The van der Waals surface area contributed by atoms with Gasteiger partial charge in [-0.15, -0.1) is 0 Å². The lowest BCUT2D eigenvalue weighted by molar-refractivity contribution is 0.102. The van der Waals surface area contributed by atoms with Crippen molar-refractivity contribution >= 4 is 23.2 Å². The predicted octanol–water partition coefficient (Wildman–Crippen LogP) is 4.48. The van der Waals surface area contributed by atoms with Gasteiger partial charge in [0, 0.05) is 17.8 Å². The van der Waals surface area contributed by atoms with Crippen LogP contribution >= 0.6 is 0 Å². The van der Waals surface area contributed by atoms with Crippen molar-refractivity contribution in [1.29, 1.82) is 0 Å². The maximum atomic E-state index is 12.9. The van der Waals surface area contributed by atoms with Crippen molar-refractivity contribution in [2.45, 2.75) is 0 Å². The number of para-hydroxylation sites is 3. The van der Waals surface area contributed by atoms with Crippen LogP contribution in [0.3, 0.4) is 0 Å². The van der Waals surface area contributed by atoms with Gasteiger partial charge in [-0.1, -0.05) is 24.3 Å². The van der Waals surface area contributed by atoms with Crippen LogP contribution < -0.4 is 20.1 Å². The van der Waals surface area contributed by atoms with Crippen molar-refractivity contribution < 1.29 is 14.3 Å². The molecule has 0 aliphatic carbocycles. The molecule has 2 aromatic carbocycles. The van der Waals surface area contributed by atoms with E-state index in [0.717, 1.165) is 11.3 Å². The van der Waals surface area contributed by atoms with Crippen LogP contribution in [0.25, 0.3) is 11.3 Å². The number of H-pyrrole nitrogens is 1. The Kier molecular flexibility index (Phi) is 5.79. The Morgan fingerprint density at radius 2 is 1.68 bits per heavy atom. The molecule has 8 heteroatoms. The van der Waals surface area contributed by atoms with Crippen LogP contribution in [0.4, 0.5) is 17.3 Å². The number of amides is 1. The highest BCUT2D eigenvalue weighted by Crippen LogP contribution is 2.30. The fourth-order valence-corrected chi connectivity index (χ4v) is 3.14. The van der Waals surface area contributed by atoms with Crippen LogP contribution in [0.15, 0.2) is 72.9 Å². The minimum Gasteiger partial charge on any atom is -0.496 e. The number of carbonyl (C=O) groups is 1. The van der Waals surface area contributed by atoms with Crippen molar-refractivity contribution in [1.82, 2.24) is 15.2 Å². The highest BCUT2D eigenvalue weighted by Gasteiger charge is 2.16. The average Bonchev–Trinajstić information content (AvgIpc) is 3.28. The summed E-state index contributed by atoms with van der Waals surface area (Å²) in [6.45, 7) is 0. The van der Waals surface area contributed by atoms with Gasteiger partial charge in [-0.2, -0.15) is 5.10 Å². The Bertz CT molecular complexity index is 1210. The first-order chi connectivity index (χ1) is 15.2. The third-order valence-electron chi connectivity index (χ3n) is 4.63. The van der Waals surface area contributed by atoms with Crippen molar-refractivity contribution in [3.05, 3.63) is 78.5 Å². The van der Waals surface area contributed by atoms with Crippen molar-refractivity contribution in [3.63, 3.8) is 0 Å². The zero-order valence-electron chi connectivity index (χ0n) is 17.0. The van der Waals surface area contributed by atoms with Crippen LogP contribution in [0, 0.1) is 0 Å². The van der Waals surface area contributed by atoms with Gasteiger partial charge in [0.15, 0.2) is 5.82 Å². The number of methoxy groups -OCH3 is 2. The molecule has 0 saturated heterocycles. The van der Waals surface area contributed by atoms with Gasteiger partial charge < -0.3 is 20.1 Å². The Balaban J connectivity index is 1.56. The maximum Gasteiger partial charge on any atom is 0.260 e. The average molecular weight is 415 g/mol. The molecule has 8 nitrogen and oxygen atoms in total. The Morgan fingerprint density at radius 3 is 2.48 bits per heavy atom.